The molecule has 0 aliphatic rings. The molecule has 6 aromatic carbocycles. The summed E-state index contributed by atoms with van der Waals surface area (Å²) in [7, 11) is 0. The van der Waals surface area contributed by atoms with E-state index in [0.29, 0.717) is 111 Å². The summed E-state index contributed by atoms with van der Waals surface area (Å²) in [4.78, 5) is 74.2. The average molecular weight is 1190 g/mol. The van der Waals surface area contributed by atoms with Crippen LogP contribution >= 0.6 is 0 Å². The molecule has 6 rings (SSSR count). The van der Waals surface area contributed by atoms with Crippen molar-refractivity contribution in [3.63, 3.8) is 0 Å². The third-order valence-electron chi connectivity index (χ3n) is 13.7. The van der Waals surface area contributed by atoms with E-state index in [1.165, 1.54) is 0 Å². The first kappa shape index (κ1) is 67.2. The van der Waals surface area contributed by atoms with Gasteiger partial charge in [0, 0.05) is 12.2 Å². The van der Waals surface area contributed by atoms with Crippen molar-refractivity contribution in [1.82, 2.24) is 0 Å². The Morgan fingerprint density at radius 2 is 0.621 bits per heavy atom. The van der Waals surface area contributed by atoms with Crippen LogP contribution in [0.3, 0.4) is 0 Å². The van der Waals surface area contributed by atoms with Crippen molar-refractivity contribution >= 4 is 35.8 Å². The number of rotatable bonds is 38. The molecule has 0 atom stereocenters. The van der Waals surface area contributed by atoms with E-state index in [-0.39, 0.29) is 11.5 Å². The van der Waals surface area contributed by atoms with Gasteiger partial charge >= 0.3 is 35.8 Å². The molecule has 0 amide bonds. The fraction of sp³-hybridized carbons (Fsp3) is 0.343. The zero-order valence-electron chi connectivity index (χ0n) is 50.2. The monoisotopic (exact) mass is 1190 g/mol. The number of unbranched alkanes of at least 4 members (excludes halogenated alkanes) is 6. The maximum atomic E-state index is 13.0. The minimum Gasteiger partial charge on any atom is -0.491 e. The van der Waals surface area contributed by atoms with E-state index >= 15 is 0 Å². The van der Waals surface area contributed by atoms with Gasteiger partial charge in [0.2, 0.25) is 0 Å². The Morgan fingerprint density at radius 1 is 0.333 bits per heavy atom. The molecule has 0 bridgehead atoms. The van der Waals surface area contributed by atoms with Crippen LogP contribution in [0, 0.1) is 27.7 Å². The molecule has 0 spiro atoms. The summed E-state index contributed by atoms with van der Waals surface area (Å²) in [6, 6.07) is 33.6. The van der Waals surface area contributed by atoms with Crippen LogP contribution in [0.15, 0.2) is 147 Å². The van der Waals surface area contributed by atoms with Crippen LogP contribution in [-0.4, -0.2) is 102 Å². The number of hydrogen-bond acceptors (Lipinski definition) is 17. The summed E-state index contributed by atoms with van der Waals surface area (Å²) < 4.78 is 61.0. The number of aryl methyl sites for hydroxylation is 6. The topological polar surface area (TPSA) is 204 Å². The lowest BCUT2D eigenvalue weighted by Crippen LogP contribution is -2.14. The van der Waals surface area contributed by atoms with Crippen LogP contribution < -0.4 is 28.4 Å². The predicted molar refractivity (Wildman–Crippen MR) is 328 cm³/mol. The first-order valence-electron chi connectivity index (χ1n) is 29.3. The molecule has 0 aromatic heterocycles. The molecule has 0 heterocycles. The van der Waals surface area contributed by atoms with Gasteiger partial charge in [-0.15, -0.1) is 0 Å². The van der Waals surface area contributed by atoms with Gasteiger partial charge in [0.05, 0.1) is 75.1 Å². The van der Waals surface area contributed by atoms with E-state index in [2.05, 4.69) is 13.2 Å². The Kier molecular flexibility index (Phi) is 28.5. The summed E-state index contributed by atoms with van der Waals surface area (Å²) in [5, 5.41) is 0. The van der Waals surface area contributed by atoms with Gasteiger partial charge in [-0.3, -0.25) is 0 Å². The molecule has 6 aromatic rings. The first-order chi connectivity index (χ1) is 42.2. The lowest BCUT2D eigenvalue weighted by Gasteiger charge is -2.12. The lowest BCUT2D eigenvalue weighted by molar-refractivity contribution is -0.138. The predicted octanol–water partition coefficient (Wildman–Crippen LogP) is 13.0. The van der Waals surface area contributed by atoms with Crippen molar-refractivity contribution in [2.45, 2.75) is 91.9 Å². The number of esters is 6. The van der Waals surface area contributed by atoms with E-state index in [4.69, 9.17) is 52.1 Å². The minimum absolute atomic E-state index is 0.290. The van der Waals surface area contributed by atoms with Crippen LogP contribution in [0.4, 0.5) is 0 Å². The van der Waals surface area contributed by atoms with Crippen molar-refractivity contribution in [2.24, 2.45) is 0 Å². The number of carbonyl (C=O) groups excluding carboxylic acids is 6. The second-order valence-corrected chi connectivity index (χ2v) is 20.3. The summed E-state index contributed by atoms with van der Waals surface area (Å²) in [6.07, 6.45) is 11.6. The fourth-order valence-electron chi connectivity index (χ4n) is 8.87. The van der Waals surface area contributed by atoms with Crippen molar-refractivity contribution in [3.05, 3.63) is 202 Å². The summed E-state index contributed by atoms with van der Waals surface area (Å²) >= 11 is 0. The van der Waals surface area contributed by atoms with Gasteiger partial charge in [-0.2, -0.15) is 0 Å². The molecule has 0 N–H and O–H groups in total. The van der Waals surface area contributed by atoms with Crippen LogP contribution in [0.2, 0.25) is 0 Å². The Balaban J connectivity index is 0.768. The van der Waals surface area contributed by atoms with Gasteiger partial charge < -0.3 is 52.1 Å². The van der Waals surface area contributed by atoms with E-state index < -0.39 is 35.8 Å². The van der Waals surface area contributed by atoms with E-state index in [1.807, 2.05) is 52.0 Å². The quantitative estimate of drug-likeness (QED) is 0.0153. The van der Waals surface area contributed by atoms with E-state index in [9.17, 15) is 28.8 Å². The van der Waals surface area contributed by atoms with Crippen molar-refractivity contribution in [3.8, 4) is 34.5 Å². The Labute approximate surface area is 509 Å². The summed E-state index contributed by atoms with van der Waals surface area (Å²) in [6.45, 7) is 17.9. The second kappa shape index (κ2) is 36.8. The highest BCUT2D eigenvalue weighted by molar-refractivity contribution is 5.93. The molecule has 17 nitrogen and oxygen atoms in total. The molecule has 0 unspecified atom stereocenters. The van der Waals surface area contributed by atoms with Gasteiger partial charge in [0.1, 0.15) is 47.7 Å². The fourth-order valence-corrected chi connectivity index (χ4v) is 8.87. The van der Waals surface area contributed by atoms with Crippen LogP contribution in [0.5, 0.6) is 34.5 Å². The maximum absolute atomic E-state index is 13.0. The number of ether oxygens (including phenoxy) is 11. The Bertz CT molecular complexity index is 3020. The first-order valence-corrected chi connectivity index (χ1v) is 29.3. The van der Waals surface area contributed by atoms with Crippen molar-refractivity contribution < 1.29 is 80.9 Å². The standard InChI is InChI=1S/C70H78O17/c1-7-65(71)82-35-15-11-9-13-17-53-19-21-55(45-49(53)3)67(73)84-59-25-29-61(30-26-59)86-69(75)57-23-33-63(51(5)47-57)80-43-41-78-39-37-77-38-40-79-42-44-81-64-34-24-58(48-52(64)6)70(76)87-62-31-27-60(28-32-62)85-68(74)56-22-20-54(50(4)46-56)18-14-10-12-16-36-83-66(72)8-2/h7-8,19-34,45-48H,1-2,9-18,35-44H2,3-6H3. The van der Waals surface area contributed by atoms with Gasteiger partial charge in [-0.1, -0.05) is 51.0 Å². The summed E-state index contributed by atoms with van der Waals surface area (Å²) in [5.41, 5.74) is 7.37. The molecule has 0 radical (unpaired) electrons. The number of carbonyl (C=O) groups is 6. The second-order valence-electron chi connectivity index (χ2n) is 20.3. The number of hydrogen-bond donors (Lipinski definition) is 0. The number of benzene rings is 6. The zero-order valence-corrected chi connectivity index (χ0v) is 50.2. The molecule has 0 saturated carbocycles. The summed E-state index contributed by atoms with van der Waals surface area (Å²) in [5.74, 6) is -0.485. The van der Waals surface area contributed by atoms with Crippen molar-refractivity contribution in [2.75, 3.05) is 66.1 Å². The molecule has 0 saturated heterocycles. The van der Waals surface area contributed by atoms with Crippen LogP contribution in [0.1, 0.15) is 126 Å². The molecule has 87 heavy (non-hydrogen) atoms. The molecule has 17 heteroatoms. The zero-order chi connectivity index (χ0) is 62.2. The van der Waals surface area contributed by atoms with E-state index in [1.54, 1.807) is 97.1 Å². The maximum Gasteiger partial charge on any atom is 0.343 e. The minimum atomic E-state index is -0.551. The third-order valence-corrected chi connectivity index (χ3v) is 13.7. The van der Waals surface area contributed by atoms with Gasteiger partial charge in [-0.05, 0) is 209 Å². The molecule has 0 aliphatic heterocycles. The third kappa shape index (κ3) is 23.8. The van der Waals surface area contributed by atoms with Crippen LogP contribution in [0.25, 0.3) is 0 Å². The van der Waals surface area contributed by atoms with Crippen LogP contribution in [-0.2, 0) is 46.1 Å². The Hall–Kier alpha value is -8.90. The largest absolute Gasteiger partial charge is 0.491 e. The smallest absolute Gasteiger partial charge is 0.343 e. The van der Waals surface area contributed by atoms with Crippen molar-refractivity contribution in [1.29, 1.82) is 0 Å². The normalized spacial score (nSPS) is 10.8. The lowest BCUT2D eigenvalue weighted by atomic mass is 9.99. The molecule has 460 valence electrons. The highest BCUT2D eigenvalue weighted by Crippen LogP contribution is 2.26. The Morgan fingerprint density at radius 3 is 0.920 bits per heavy atom. The molecular weight excluding hydrogens is 1110 g/mol. The van der Waals surface area contributed by atoms with E-state index in [0.717, 1.165) is 110 Å². The highest BCUT2D eigenvalue weighted by atomic mass is 16.6. The average Bonchev–Trinajstić information content (AvgIpc) is 3.54. The SMILES string of the molecule is C=CC(=O)OCCCCCCc1ccc(C(=O)Oc2ccc(OC(=O)c3ccc(OCCOCCOCCOCCOc4ccc(C(=O)Oc5ccc(OC(=O)c6ccc(CCCCCCOC(=O)C=C)c(C)c6)cc5)cc4C)c(C)c3)cc2)cc1C. The molecule has 0 fully saturated rings. The molecule has 0 aliphatic carbocycles. The van der Waals surface area contributed by atoms with Gasteiger partial charge in [-0.25, -0.2) is 28.8 Å². The molecular formula is C70H78O17. The van der Waals surface area contributed by atoms with Gasteiger partial charge in [0.25, 0.3) is 0 Å². The highest BCUT2D eigenvalue weighted by Gasteiger charge is 2.17. The van der Waals surface area contributed by atoms with Gasteiger partial charge in [0.15, 0.2) is 0 Å².